The lowest BCUT2D eigenvalue weighted by Gasteiger charge is -2.32. The lowest BCUT2D eigenvalue weighted by Crippen LogP contribution is -2.41. The summed E-state index contributed by atoms with van der Waals surface area (Å²) in [6, 6.07) is 6.04. The molecule has 1 heterocycles. The molecule has 3 rings (SSSR count). The first-order chi connectivity index (χ1) is 9.82. The van der Waals surface area contributed by atoms with Gasteiger partial charge in [0.1, 0.15) is 5.75 Å². The Balaban J connectivity index is 1.83. The molecule has 1 saturated heterocycles. The monoisotopic (exact) mass is 289 g/mol. The van der Waals surface area contributed by atoms with Crippen LogP contribution in [0.3, 0.4) is 0 Å². The molecule has 0 radical (unpaired) electrons. The highest BCUT2D eigenvalue weighted by Crippen LogP contribution is 2.37. The van der Waals surface area contributed by atoms with Crippen LogP contribution < -0.4 is 15.9 Å². The van der Waals surface area contributed by atoms with Gasteiger partial charge in [-0.25, -0.2) is 0 Å². The van der Waals surface area contributed by atoms with E-state index in [-0.39, 0.29) is 18.3 Å². The van der Waals surface area contributed by atoms with Crippen molar-refractivity contribution in [2.24, 2.45) is 5.73 Å². The van der Waals surface area contributed by atoms with Crippen LogP contribution in [0.25, 0.3) is 0 Å². The summed E-state index contributed by atoms with van der Waals surface area (Å²) in [5, 5.41) is 0. The van der Waals surface area contributed by atoms with Gasteiger partial charge in [0.25, 0.3) is 0 Å². The van der Waals surface area contributed by atoms with Gasteiger partial charge in [-0.3, -0.25) is 0 Å². The number of hydrogen-bond donors (Lipinski definition) is 1. The number of benzene rings is 1. The quantitative estimate of drug-likeness (QED) is 0.861. The third-order valence-electron chi connectivity index (χ3n) is 4.65. The maximum Gasteiger partial charge on any atom is 0.494 e. The third-order valence-corrected chi connectivity index (χ3v) is 4.65. The summed E-state index contributed by atoms with van der Waals surface area (Å²) in [7, 11) is -0.352. The first kappa shape index (κ1) is 14.9. The summed E-state index contributed by atoms with van der Waals surface area (Å²) in [5.74, 6) is 0.889. The summed E-state index contributed by atoms with van der Waals surface area (Å²) in [6.07, 6.45) is 2.66. The molecule has 114 valence electrons. The van der Waals surface area contributed by atoms with Gasteiger partial charge in [0.2, 0.25) is 0 Å². The average Bonchev–Trinajstić information content (AvgIpc) is 3.17. The molecule has 0 amide bonds. The molecule has 1 saturated carbocycles. The van der Waals surface area contributed by atoms with E-state index in [1.165, 1.54) is 0 Å². The fourth-order valence-corrected chi connectivity index (χ4v) is 2.37. The molecule has 0 unspecified atom stereocenters. The second-order valence-corrected chi connectivity index (χ2v) is 6.98. The molecule has 1 aromatic carbocycles. The summed E-state index contributed by atoms with van der Waals surface area (Å²) in [6.45, 7) is 8.68. The van der Waals surface area contributed by atoms with Crippen molar-refractivity contribution in [2.75, 3.05) is 0 Å². The number of hydrogen-bond acceptors (Lipinski definition) is 4. The fraction of sp³-hybridized carbons (Fsp3) is 0.625. The summed E-state index contributed by atoms with van der Waals surface area (Å²) < 4.78 is 18.0. The van der Waals surface area contributed by atoms with Crippen molar-refractivity contribution in [3.05, 3.63) is 23.8 Å². The Kier molecular flexibility index (Phi) is 3.55. The zero-order valence-corrected chi connectivity index (χ0v) is 13.3. The van der Waals surface area contributed by atoms with E-state index >= 15 is 0 Å². The van der Waals surface area contributed by atoms with E-state index in [2.05, 4.69) is 27.7 Å². The summed E-state index contributed by atoms with van der Waals surface area (Å²) >= 11 is 0. The van der Waals surface area contributed by atoms with Crippen LogP contribution in [0.1, 0.15) is 46.1 Å². The van der Waals surface area contributed by atoms with Crippen LogP contribution >= 0.6 is 0 Å². The van der Waals surface area contributed by atoms with Gasteiger partial charge in [-0.15, -0.1) is 0 Å². The summed E-state index contributed by atoms with van der Waals surface area (Å²) in [4.78, 5) is 0. The van der Waals surface area contributed by atoms with E-state index in [1.807, 2.05) is 18.2 Å². The Morgan fingerprint density at radius 3 is 2.33 bits per heavy atom. The molecule has 1 aliphatic heterocycles. The predicted molar refractivity (Wildman–Crippen MR) is 83.7 cm³/mol. The Morgan fingerprint density at radius 2 is 1.81 bits per heavy atom. The smallest absolute Gasteiger partial charge is 0.490 e. The van der Waals surface area contributed by atoms with Gasteiger partial charge in [0.15, 0.2) is 0 Å². The van der Waals surface area contributed by atoms with Crippen LogP contribution in [-0.4, -0.2) is 24.4 Å². The second kappa shape index (κ2) is 5.01. The molecule has 1 aliphatic carbocycles. The highest BCUT2D eigenvalue weighted by Gasteiger charge is 2.51. The Hall–Kier alpha value is -1.04. The first-order valence-corrected chi connectivity index (χ1v) is 7.67. The molecular weight excluding hydrogens is 265 g/mol. The van der Waals surface area contributed by atoms with E-state index in [0.29, 0.717) is 12.6 Å². The first-order valence-electron chi connectivity index (χ1n) is 7.67. The number of ether oxygens (including phenoxy) is 1. The molecular formula is C16H24BNO3. The standard InChI is InChI=1S/C16H24BNO3/c1-15(2)16(3,4)21-17(20-15)12-5-8-14(11(9-12)10-18)19-13-6-7-13/h5,8-9,13H,6-7,10,18H2,1-4H3. The Morgan fingerprint density at radius 1 is 1.19 bits per heavy atom. The molecule has 4 nitrogen and oxygen atoms in total. The molecule has 2 fully saturated rings. The van der Waals surface area contributed by atoms with Gasteiger partial charge < -0.3 is 19.8 Å². The highest BCUT2D eigenvalue weighted by molar-refractivity contribution is 6.62. The molecule has 2 N–H and O–H groups in total. The maximum atomic E-state index is 6.08. The topological polar surface area (TPSA) is 53.7 Å². The van der Waals surface area contributed by atoms with Crippen molar-refractivity contribution in [1.29, 1.82) is 0 Å². The van der Waals surface area contributed by atoms with Crippen molar-refractivity contribution in [2.45, 2.75) is 64.4 Å². The molecule has 5 heteroatoms. The molecule has 2 aliphatic rings. The zero-order valence-electron chi connectivity index (χ0n) is 13.3. The van der Waals surface area contributed by atoms with Crippen LogP contribution in [0, 0.1) is 0 Å². The van der Waals surface area contributed by atoms with Crippen molar-refractivity contribution < 1.29 is 14.0 Å². The van der Waals surface area contributed by atoms with Gasteiger partial charge in [-0.05, 0) is 52.1 Å². The molecule has 0 aromatic heterocycles. The van der Waals surface area contributed by atoms with Gasteiger partial charge >= 0.3 is 7.12 Å². The minimum Gasteiger partial charge on any atom is -0.490 e. The maximum absolute atomic E-state index is 6.08. The largest absolute Gasteiger partial charge is 0.494 e. The Bertz CT molecular complexity index is 524. The van der Waals surface area contributed by atoms with Crippen LogP contribution in [0.15, 0.2) is 18.2 Å². The van der Waals surface area contributed by atoms with Crippen molar-refractivity contribution in [3.63, 3.8) is 0 Å². The van der Waals surface area contributed by atoms with Crippen LogP contribution in [0.2, 0.25) is 0 Å². The van der Waals surface area contributed by atoms with Gasteiger partial charge in [-0.2, -0.15) is 0 Å². The molecule has 0 bridgehead atoms. The zero-order chi connectivity index (χ0) is 15.3. The van der Waals surface area contributed by atoms with Crippen LogP contribution in [-0.2, 0) is 15.9 Å². The van der Waals surface area contributed by atoms with E-state index in [4.69, 9.17) is 19.8 Å². The van der Waals surface area contributed by atoms with Gasteiger partial charge in [-0.1, -0.05) is 12.1 Å². The SMILES string of the molecule is CC1(C)OB(c2ccc(OC3CC3)c(CN)c2)OC1(C)C. The molecule has 1 aromatic rings. The lowest BCUT2D eigenvalue weighted by atomic mass is 9.78. The van der Waals surface area contributed by atoms with Crippen molar-refractivity contribution in [1.82, 2.24) is 0 Å². The second-order valence-electron chi connectivity index (χ2n) is 6.98. The Labute approximate surface area is 127 Å². The fourth-order valence-electron chi connectivity index (χ4n) is 2.37. The highest BCUT2D eigenvalue weighted by atomic mass is 16.7. The lowest BCUT2D eigenvalue weighted by molar-refractivity contribution is 0.00578. The number of nitrogens with two attached hydrogens (primary N) is 1. The number of rotatable bonds is 4. The minimum atomic E-state index is -0.352. The van der Waals surface area contributed by atoms with E-state index in [0.717, 1.165) is 29.6 Å². The van der Waals surface area contributed by atoms with Crippen molar-refractivity contribution in [3.8, 4) is 5.75 Å². The minimum absolute atomic E-state index is 0.330. The van der Waals surface area contributed by atoms with Gasteiger partial charge in [0, 0.05) is 12.1 Å². The van der Waals surface area contributed by atoms with E-state index in [1.54, 1.807) is 0 Å². The van der Waals surface area contributed by atoms with Crippen molar-refractivity contribution >= 4 is 12.6 Å². The normalized spacial score (nSPS) is 23.4. The average molecular weight is 289 g/mol. The molecule has 0 atom stereocenters. The molecule has 21 heavy (non-hydrogen) atoms. The predicted octanol–water partition coefficient (Wildman–Crippen LogP) is 1.99. The van der Waals surface area contributed by atoms with E-state index in [9.17, 15) is 0 Å². The van der Waals surface area contributed by atoms with Gasteiger partial charge in [0.05, 0.1) is 17.3 Å². The van der Waals surface area contributed by atoms with Crippen LogP contribution in [0.5, 0.6) is 5.75 Å². The molecule has 0 spiro atoms. The van der Waals surface area contributed by atoms with Crippen LogP contribution in [0.4, 0.5) is 0 Å². The third kappa shape index (κ3) is 2.82. The van der Waals surface area contributed by atoms with E-state index < -0.39 is 0 Å². The summed E-state index contributed by atoms with van der Waals surface area (Å²) in [5.41, 5.74) is 7.21.